The third kappa shape index (κ3) is 4.62. The van der Waals surface area contributed by atoms with Gasteiger partial charge in [0.15, 0.2) is 5.17 Å². The largest absolute Gasteiger partial charge is 0.354 e. The molecule has 1 atom stereocenters. The molecule has 2 N–H and O–H groups in total. The summed E-state index contributed by atoms with van der Waals surface area (Å²) in [7, 11) is 0. The minimum Gasteiger partial charge on any atom is -0.354 e. The van der Waals surface area contributed by atoms with E-state index in [2.05, 4.69) is 10.6 Å². The van der Waals surface area contributed by atoms with E-state index in [-0.39, 0.29) is 30.3 Å². The Morgan fingerprint density at radius 2 is 1.72 bits per heavy atom. The van der Waals surface area contributed by atoms with Crippen LogP contribution in [0.2, 0.25) is 0 Å². The van der Waals surface area contributed by atoms with Gasteiger partial charge in [-0.1, -0.05) is 60.3 Å². The summed E-state index contributed by atoms with van der Waals surface area (Å²) in [6.07, 6.45) is 0.222. The lowest BCUT2D eigenvalue weighted by Gasteiger charge is -2.36. The van der Waals surface area contributed by atoms with Crippen molar-refractivity contribution >= 4 is 34.4 Å². The standard InChI is InChI=1S/C25H26N4O2S/c1-16(2)26-21(30)14-20-15-32-25-27-17(3)22(24(31)28-19-12-8-5-9-13-19)23(29(20)25)18-10-6-4-7-11-18/h4-13,15-16,23H,14H2,1-3H3,(H,26,30)(H,28,31). The number of para-hydroxylation sites is 1. The molecule has 2 aliphatic heterocycles. The molecule has 0 aromatic heterocycles. The Balaban J connectivity index is 1.71. The molecular formula is C25H26N4O2S. The van der Waals surface area contributed by atoms with Gasteiger partial charge in [-0.05, 0) is 43.9 Å². The summed E-state index contributed by atoms with van der Waals surface area (Å²) in [5.41, 5.74) is 3.77. The van der Waals surface area contributed by atoms with Crippen molar-refractivity contribution in [3.8, 4) is 0 Å². The second-order valence-corrected chi connectivity index (χ2v) is 8.86. The summed E-state index contributed by atoms with van der Waals surface area (Å²) in [6, 6.07) is 19.0. The molecule has 2 heterocycles. The first kappa shape index (κ1) is 21.9. The zero-order valence-electron chi connectivity index (χ0n) is 18.3. The maximum Gasteiger partial charge on any atom is 0.255 e. The number of nitrogens with one attached hydrogen (secondary N) is 2. The summed E-state index contributed by atoms with van der Waals surface area (Å²) in [4.78, 5) is 32.7. The van der Waals surface area contributed by atoms with E-state index in [1.54, 1.807) is 0 Å². The van der Waals surface area contributed by atoms with Crippen molar-refractivity contribution in [3.05, 3.63) is 88.6 Å². The number of thioether (sulfide) groups is 1. The van der Waals surface area contributed by atoms with E-state index in [1.165, 1.54) is 11.8 Å². The van der Waals surface area contributed by atoms with Gasteiger partial charge in [0, 0.05) is 17.4 Å². The molecule has 1 unspecified atom stereocenters. The van der Waals surface area contributed by atoms with Crippen LogP contribution < -0.4 is 10.6 Å². The molecule has 0 saturated carbocycles. The van der Waals surface area contributed by atoms with Crippen LogP contribution in [0.15, 0.2) is 88.0 Å². The third-order valence-corrected chi connectivity index (χ3v) is 6.07. The van der Waals surface area contributed by atoms with Gasteiger partial charge in [-0.3, -0.25) is 9.59 Å². The normalized spacial score (nSPS) is 17.6. The molecule has 0 radical (unpaired) electrons. The number of allylic oxidation sites excluding steroid dienone is 1. The molecule has 0 aliphatic carbocycles. The number of hydrogen-bond acceptors (Lipinski definition) is 5. The number of hydrogen-bond donors (Lipinski definition) is 2. The highest BCUT2D eigenvalue weighted by atomic mass is 32.2. The van der Waals surface area contributed by atoms with Crippen molar-refractivity contribution in [3.63, 3.8) is 0 Å². The van der Waals surface area contributed by atoms with E-state index in [4.69, 9.17) is 4.99 Å². The number of amidine groups is 1. The second-order valence-electron chi connectivity index (χ2n) is 8.02. The summed E-state index contributed by atoms with van der Waals surface area (Å²) < 4.78 is 0. The average molecular weight is 447 g/mol. The smallest absolute Gasteiger partial charge is 0.255 e. The van der Waals surface area contributed by atoms with E-state index in [1.807, 2.05) is 91.7 Å². The average Bonchev–Trinajstić information content (AvgIpc) is 3.15. The van der Waals surface area contributed by atoms with Crippen LogP contribution in [0.1, 0.15) is 38.8 Å². The number of benzene rings is 2. The summed E-state index contributed by atoms with van der Waals surface area (Å²) in [6.45, 7) is 5.74. The highest BCUT2D eigenvalue weighted by molar-refractivity contribution is 8.16. The zero-order chi connectivity index (χ0) is 22.7. The topological polar surface area (TPSA) is 73.8 Å². The monoisotopic (exact) mass is 446 g/mol. The van der Waals surface area contributed by atoms with Gasteiger partial charge < -0.3 is 15.5 Å². The number of anilines is 1. The SMILES string of the molecule is CC1=C(C(=O)Nc2ccccc2)C(c2ccccc2)N2C(CC(=O)NC(C)C)=CSC2=N1. The van der Waals surface area contributed by atoms with Crippen LogP contribution in [0.5, 0.6) is 0 Å². The van der Waals surface area contributed by atoms with Crippen molar-refractivity contribution in [2.24, 2.45) is 4.99 Å². The Morgan fingerprint density at radius 3 is 2.38 bits per heavy atom. The van der Waals surface area contributed by atoms with Crippen LogP contribution in [0, 0.1) is 0 Å². The van der Waals surface area contributed by atoms with Crippen molar-refractivity contribution in [1.82, 2.24) is 10.2 Å². The van der Waals surface area contributed by atoms with Crippen LogP contribution in [-0.4, -0.2) is 27.9 Å². The van der Waals surface area contributed by atoms with E-state index >= 15 is 0 Å². The van der Waals surface area contributed by atoms with Crippen LogP contribution in [0.3, 0.4) is 0 Å². The lowest BCUT2D eigenvalue weighted by Crippen LogP contribution is -2.39. The van der Waals surface area contributed by atoms with Gasteiger partial charge in [0.2, 0.25) is 5.91 Å². The first-order valence-electron chi connectivity index (χ1n) is 10.6. The van der Waals surface area contributed by atoms with Crippen molar-refractivity contribution in [1.29, 1.82) is 0 Å². The Morgan fingerprint density at radius 1 is 1.06 bits per heavy atom. The van der Waals surface area contributed by atoms with Gasteiger partial charge >= 0.3 is 0 Å². The molecule has 0 bridgehead atoms. The summed E-state index contributed by atoms with van der Waals surface area (Å²) in [5.74, 6) is -0.255. The number of carbonyl (C=O) groups is 2. The minimum absolute atomic E-state index is 0.0542. The Hall–Kier alpha value is -3.32. The molecule has 2 aromatic rings. The predicted molar refractivity (Wildman–Crippen MR) is 130 cm³/mol. The molecular weight excluding hydrogens is 420 g/mol. The van der Waals surface area contributed by atoms with Gasteiger partial charge in [-0.25, -0.2) is 4.99 Å². The molecule has 32 heavy (non-hydrogen) atoms. The Bertz CT molecular complexity index is 1110. The number of amides is 2. The molecule has 0 saturated heterocycles. The number of fused-ring (bicyclic) bond motifs is 1. The molecule has 4 rings (SSSR count). The van der Waals surface area contributed by atoms with E-state index in [0.717, 1.165) is 22.1 Å². The number of aliphatic imine (C=N–C) groups is 1. The maximum atomic E-state index is 13.5. The van der Waals surface area contributed by atoms with Gasteiger partial charge in [0.25, 0.3) is 5.91 Å². The van der Waals surface area contributed by atoms with Crippen LogP contribution in [-0.2, 0) is 9.59 Å². The van der Waals surface area contributed by atoms with Crippen LogP contribution in [0.4, 0.5) is 5.69 Å². The van der Waals surface area contributed by atoms with E-state index < -0.39 is 0 Å². The molecule has 0 spiro atoms. The van der Waals surface area contributed by atoms with E-state index in [0.29, 0.717) is 11.3 Å². The van der Waals surface area contributed by atoms with Crippen molar-refractivity contribution in [2.75, 3.05) is 5.32 Å². The molecule has 2 amide bonds. The molecule has 7 heteroatoms. The molecule has 2 aliphatic rings. The fourth-order valence-corrected chi connectivity index (χ4v) is 4.83. The maximum absolute atomic E-state index is 13.5. The molecule has 0 fully saturated rings. The predicted octanol–water partition coefficient (Wildman–Crippen LogP) is 4.81. The van der Waals surface area contributed by atoms with Crippen molar-refractivity contribution < 1.29 is 9.59 Å². The lowest BCUT2D eigenvalue weighted by molar-refractivity contribution is -0.121. The Labute approximate surface area is 192 Å². The van der Waals surface area contributed by atoms with Gasteiger partial charge in [-0.2, -0.15) is 0 Å². The number of carbonyl (C=O) groups excluding carboxylic acids is 2. The quantitative estimate of drug-likeness (QED) is 0.668. The highest BCUT2D eigenvalue weighted by Crippen LogP contribution is 2.44. The second kappa shape index (κ2) is 9.44. The number of rotatable bonds is 6. The van der Waals surface area contributed by atoms with Gasteiger partial charge in [0.05, 0.1) is 23.7 Å². The summed E-state index contributed by atoms with van der Waals surface area (Å²) >= 11 is 1.48. The fourth-order valence-electron chi connectivity index (χ4n) is 3.87. The lowest BCUT2D eigenvalue weighted by atomic mass is 9.93. The van der Waals surface area contributed by atoms with Crippen molar-refractivity contribution in [2.45, 2.75) is 39.3 Å². The van der Waals surface area contributed by atoms with Crippen LogP contribution in [0.25, 0.3) is 0 Å². The van der Waals surface area contributed by atoms with Gasteiger partial charge in [-0.15, -0.1) is 0 Å². The number of nitrogens with zero attached hydrogens (tertiary/aromatic N) is 2. The highest BCUT2D eigenvalue weighted by Gasteiger charge is 2.40. The minimum atomic E-state index is -0.375. The molecule has 164 valence electrons. The van der Waals surface area contributed by atoms with Gasteiger partial charge in [0.1, 0.15) is 0 Å². The fraction of sp³-hybridized carbons (Fsp3) is 0.240. The van der Waals surface area contributed by atoms with E-state index in [9.17, 15) is 9.59 Å². The zero-order valence-corrected chi connectivity index (χ0v) is 19.1. The first-order chi connectivity index (χ1) is 15.4. The molecule has 2 aromatic carbocycles. The Kier molecular flexibility index (Phi) is 6.46. The summed E-state index contributed by atoms with van der Waals surface area (Å²) in [5, 5.41) is 8.69. The third-order valence-electron chi connectivity index (χ3n) is 5.18. The first-order valence-corrected chi connectivity index (χ1v) is 11.5. The molecule has 6 nitrogen and oxygen atoms in total. The van der Waals surface area contributed by atoms with Crippen LogP contribution >= 0.6 is 11.8 Å².